The molecule has 1 aromatic heterocycles. The van der Waals surface area contributed by atoms with Crippen molar-refractivity contribution < 1.29 is 17.9 Å². The summed E-state index contributed by atoms with van der Waals surface area (Å²) >= 11 is 1.42. The zero-order valence-electron chi connectivity index (χ0n) is 15.9. The van der Waals surface area contributed by atoms with Gasteiger partial charge in [-0.1, -0.05) is 30.4 Å². The number of fused-ring (bicyclic) bond motifs is 1. The average Bonchev–Trinajstić information content (AvgIpc) is 3.17. The van der Waals surface area contributed by atoms with Crippen molar-refractivity contribution in [2.75, 3.05) is 31.6 Å². The standard InChI is InChI=1S/C20H21N3O4S2/c1-2-14-4-3-5-17-18(14)21-20(28-17)22-19(24)15-6-8-16(9-7-15)29(25,26)23-10-12-27-13-11-23/h3-9H,2,10-13H2,1H3,(H,21,22,24). The maximum atomic E-state index is 12.7. The van der Waals surface area contributed by atoms with Gasteiger partial charge in [-0.15, -0.1) is 0 Å². The number of ether oxygens (including phenoxy) is 1. The first kappa shape index (κ1) is 20.0. The number of carbonyl (C=O) groups excluding carboxylic acids is 1. The molecule has 2 aromatic carbocycles. The molecule has 9 heteroatoms. The van der Waals surface area contributed by atoms with Gasteiger partial charge >= 0.3 is 0 Å². The highest BCUT2D eigenvalue weighted by Crippen LogP contribution is 2.29. The Labute approximate surface area is 173 Å². The van der Waals surface area contributed by atoms with Gasteiger partial charge in [0.1, 0.15) is 0 Å². The van der Waals surface area contributed by atoms with Gasteiger partial charge in [0.2, 0.25) is 10.0 Å². The number of hydrogen-bond donors (Lipinski definition) is 1. The third-order valence-electron chi connectivity index (χ3n) is 4.83. The summed E-state index contributed by atoms with van der Waals surface area (Å²) in [6, 6.07) is 12.0. The summed E-state index contributed by atoms with van der Waals surface area (Å²) < 4.78 is 33.0. The largest absolute Gasteiger partial charge is 0.379 e. The Morgan fingerprint density at radius 1 is 1.17 bits per heavy atom. The van der Waals surface area contributed by atoms with E-state index in [9.17, 15) is 13.2 Å². The van der Waals surface area contributed by atoms with E-state index in [0.717, 1.165) is 22.2 Å². The molecule has 0 radical (unpaired) electrons. The summed E-state index contributed by atoms with van der Waals surface area (Å²) in [5.74, 6) is -0.322. The Bertz CT molecular complexity index is 1130. The number of hydrogen-bond acceptors (Lipinski definition) is 6. The molecule has 0 bridgehead atoms. The molecule has 1 N–H and O–H groups in total. The third kappa shape index (κ3) is 4.04. The van der Waals surface area contributed by atoms with Gasteiger partial charge in [0.15, 0.2) is 5.13 Å². The molecule has 1 saturated heterocycles. The number of anilines is 1. The van der Waals surface area contributed by atoms with Crippen LogP contribution >= 0.6 is 11.3 Å². The van der Waals surface area contributed by atoms with Gasteiger partial charge in [-0.2, -0.15) is 4.31 Å². The monoisotopic (exact) mass is 431 g/mol. The summed E-state index contributed by atoms with van der Waals surface area (Å²) in [7, 11) is -3.58. The van der Waals surface area contributed by atoms with Crippen molar-refractivity contribution >= 4 is 42.6 Å². The number of benzene rings is 2. The number of amides is 1. The van der Waals surface area contributed by atoms with Crippen LogP contribution in [0.1, 0.15) is 22.8 Å². The average molecular weight is 432 g/mol. The molecule has 0 aliphatic carbocycles. The molecule has 1 aliphatic heterocycles. The Hall–Kier alpha value is -2.33. The molecule has 1 aliphatic rings. The van der Waals surface area contributed by atoms with Crippen LogP contribution in [0.4, 0.5) is 5.13 Å². The number of aromatic nitrogens is 1. The predicted octanol–water partition coefficient (Wildman–Crippen LogP) is 3.13. The fourth-order valence-electron chi connectivity index (χ4n) is 3.23. The minimum Gasteiger partial charge on any atom is -0.379 e. The van der Waals surface area contributed by atoms with E-state index in [1.165, 1.54) is 39.9 Å². The fourth-order valence-corrected chi connectivity index (χ4v) is 5.54. The SMILES string of the molecule is CCc1cccc2sc(NC(=O)c3ccc(S(=O)(=O)N4CCOCC4)cc3)nc12. The second-order valence-electron chi connectivity index (χ2n) is 6.63. The summed E-state index contributed by atoms with van der Waals surface area (Å²) in [6.07, 6.45) is 0.869. The van der Waals surface area contributed by atoms with E-state index in [1.807, 2.05) is 18.2 Å². The maximum Gasteiger partial charge on any atom is 0.257 e. The van der Waals surface area contributed by atoms with Crippen LogP contribution in [0.3, 0.4) is 0 Å². The van der Waals surface area contributed by atoms with Gasteiger partial charge in [0, 0.05) is 18.7 Å². The van der Waals surface area contributed by atoms with Gasteiger partial charge in [0.05, 0.1) is 28.3 Å². The molecule has 1 amide bonds. The molecule has 0 unspecified atom stereocenters. The number of rotatable bonds is 5. The van der Waals surface area contributed by atoms with E-state index in [2.05, 4.69) is 17.2 Å². The van der Waals surface area contributed by atoms with Crippen LogP contribution in [-0.4, -0.2) is 49.9 Å². The van der Waals surface area contributed by atoms with Crippen molar-refractivity contribution in [2.45, 2.75) is 18.2 Å². The lowest BCUT2D eigenvalue weighted by molar-refractivity contribution is 0.0730. The normalized spacial score (nSPS) is 15.5. The molecule has 0 spiro atoms. The number of nitrogens with one attached hydrogen (secondary N) is 1. The molecule has 4 rings (SSSR count). The fraction of sp³-hybridized carbons (Fsp3) is 0.300. The van der Waals surface area contributed by atoms with Crippen molar-refractivity contribution in [3.63, 3.8) is 0 Å². The number of para-hydroxylation sites is 1. The van der Waals surface area contributed by atoms with E-state index >= 15 is 0 Å². The lowest BCUT2D eigenvalue weighted by Crippen LogP contribution is -2.40. The van der Waals surface area contributed by atoms with E-state index in [1.54, 1.807) is 0 Å². The minimum atomic E-state index is -3.58. The maximum absolute atomic E-state index is 12.7. The first-order valence-corrected chi connectivity index (χ1v) is 11.6. The molecule has 7 nitrogen and oxygen atoms in total. The molecular weight excluding hydrogens is 410 g/mol. The summed E-state index contributed by atoms with van der Waals surface area (Å²) in [6.45, 7) is 3.52. The zero-order valence-corrected chi connectivity index (χ0v) is 17.6. The van der Waals surface area contributed by atoms with Crippen molar-refractivity contribution in [1.82, 2.24) is 9.29 Å². The highest BCUT2D eigenvalue weighted by molar-refractivity contribution is 7.89. The number of nitrogens with zero attached hydrogens (tertiary/aromatic N) is 2. The molecule has 152 valence electrons. The summed E-state index contributed by atoms with van der Waals surface area (Å²) in [4.78, 5) is 17.3. The van der Waals surface area contributed by atoms with Crippen LogP contribution in [0.15, 0.2) is 47.4 Å². The van der Waals surface area contributed by atoms with E-state index < -0.39 is 10.0 Å². The Morgan fingerprint density at radius 2 is 1.90 bits per heavy atom. The van der Waals surface area contributed by atoms with Gasteiger partial charge in [-0.3, -0.25) is 10.1 Å². The van der Waals surface area contributed by atoms with E-state index in [-0.39, 0.29) is 10.8 Å². The minimum absolute atomic E-state index is 0.170. The Kier molecular flexibility index (Phi) is 5.64. The topological polar surface area (TPSA) is 88.6 Å². The lowest BCUT2D eigenvalue weighted by atomic mass is 10.1. The molecule has 0 atom stereocenters. The van der Waals surface area contributed by atoms with E-state index in [4.69, 9.17) is 4.74 Å². The molecule has 3 aromatic rings. The highest BCUT2D eigenvalue weighted by atomic mass is 32.2. The number of aryl methyl sites for hydroxylation is 1. The predicted molar refractivity (Wildman–Crippen MR) is 113 cm³/mol. The van der Waals surface area contributed by atoms with Crippen LogP contribution in [0.25, 0.3) is 10.2 Å². The molecular formula is C20H21N3O4S2. The first-order valence-electron chi connectivity index (χ1n) is 9.37. The van der Waals surface area contributed by atoms with Crippen LogP contribution < -0.4 is 5.32 Å². The van der Waals surface area contributed by atoms with Gasteiger partial charge in [0.25, 0.3) is 5.91 Å². The zero-order chi connectivity index (χ0) is 20.4. The first-order chi connectivity index (χ1) is 14.0. The Balaban J connectivity index is 1.51. The number of sulfonamides is 1. The number of thiazole rings is 1. The van der Waals surface area contributed by atoms with Crippen LogP contribution in [0, 0.1) is 0 Å². The smallest absolute Gasteiger partial charge is 0.257 e. The molecule has 2 heterocycles. The van der Waals surface area contributed by atoms with Gasteiger partial charge in [-0.25, -0.2) is 13.4 Å². The van der Waals surface area contributed by atoms with Crippen molar-refractivity contribution in [3.05, 3.63) is 53.6 Å². The summed E-state index contributed by atoms with van der Waals surface area (Å²) in [5, 5.41) is 3.34. The number of carbonyl (C=O) groups is 1. The second kappa shape index (κ2) is 8.19. The Morgan fingerprint density at radius 3 is 2.59 bits per heavy atom. The summed E-state index contributed by atoms with van der Waals surface area (Å²) in [5.41, 5.74) is 2.42. The van der Waals surface area contributed by atoms with Gasteiger partial charge < -0.3 is 4.74 Å². The van der Waals surface area contributed by atoms with Crippen LogP contribution in [0.5, 0.6) is 0 Å². The molecule has 29 heavy (non-hydrogen) atoms. The van der Waals surface area contributed by atoms with E-state index in [0.29, 0.717) is 37.0 Å². The number of morpholine rings is 1. The molecule has 1 fully saturated rings. The quantitative estimate of drug-likeness (QED) is 0.671. The second-order valence-corrected chi connectivity index (χ2v) is 9.60. The lowest BCUT2D eigenvalue weighted by Gasteiger charge is -2.26. The molecule has 0 saturated carbocycles. The van der Waals surface area contributed by atoms with Gasteiger partial charge in [-0.05, 0) is 42.3 Å². The van der Waals surface area contributed by atoms with Crippen molar-refractivity contribution in [3.8, 4) is 0 Å². The van der Waals surface area contributed by atoms with Crippen molar-refractivity contribution in [1.29, 1.82) is 0 Å². The highest BCUT2D eigenvalue weighted by Gasteiger charge is 2.26. The van der Waals surface area contributed by atoms with Crippen molar-refractivity contribution in [2.24, 2.45) is 0 Å². The van der Waals surface area contributed by atoms with Crippen LogP contribution in [0.2, 0.25) is 0 Å². The third-order valence-corrected chi connectivity index (χ3v) is 7.68. The van der Waals surface area contributed by atoms with Crippen LogP contribution in [-0.2, 0) is 21.2 Å².